The Kier molecular flexibility index (Phi) is 3.21. The van der Waals surface area contributed by atoms with E-state index in [2.05, 4.69) is 9.98 Å². The van der Waals surface area contributed by atoms with E-state index in [9.17, 15) is 0 Å². The number of nitrogens with zero attached hydrogens (tertiary/aromatic N) is 3. The average Bonchev–Trinajstić information content (AvgIpc) is 2.52. The van der Waals surface area contributed by atoms with Crippen LogP contribution in [0.4, 0.5) is 0 Å². The Morgan fingerprint density at radius 2 is 2.62 bits per heavy atom. The SMILES string of the molecule is CCOC(C)=NC1=C(C#N)C=NC1. The van der Waals surface area contributed by atoms with Gasteiger partial charge in [-0.2, -0.15) is 5.26 Å². The van der Waals surface area contributed by atoms with Crippen molar-refractivity contribution in [1.29, 1.82) is 5.26 Å². The summed E-state index contributed by atoms with van der Waals surface area (Å²) in [5.74, 6) is 0.579. The molecule has 1 aliphatic heterocycles. The van der Waals surface area contributed by atoms with Crippen LogP contribution in [0.5, 0.6) is 0 Å². The third-order valence-corrected chi connectivity index (χ3v) is 1.54. The summed E-state index contributed by atoms with van der Waals surface area (Å²) in [6.45, 7) is 4.73. The highest BCUT2D eigenvalue weighted by Crippen LogP contribution is 2.10. The van der Waals surface area contributed by atoms with Crippen molar-refractivity contribution in [3.8, 4) is 6.07 Å². The molecular formula is C9H11N3O. The Morgan fingerprint density at radius 3 is 3.23 bits per heavy atom. The summed E-state index contributed by atoms with van der Waals surface area (Å²) >= 11 is 0. The number of allylic oxidation sites excluding steroid dienone is 1. The van der Waals surface area contributed by atoms with Gasteiger partial charge in [0.15, 0.2) is 5.90 Å². The third kappa shape index (κ3) is 2.41. The van der Waals surface area contributed by atoms with Gasteiger partial charge in [-0.05, 0) is 6.92 Å². The van der Waals surface area contributed by atoms with Crippen LogP contribution in [0.2, 0.25) is 0 Å². The molecule has 0 N–H and O–H groups in total. The second kappa shape index (κ2) is 4.41. The maximum absolute atomic E-state index is 8.67. The van der Waals surface area contributed by atoms with Crippen LogP contribution < -0.4 is 0 Å². The van der Waals surface area contributed by atoms with Crippen molar-refractivity contribution in [1.82, 2.24) is 0 Å². The molecule has 0 bridgehead atoms. The summed E-state index contributed by atoms with van der Waals surface area (Å²) in [5.41, 5.74) is 1.22. The van der Waals surface area contributed by atoms with Crippen LogP contribution in [0.3, 0.4) is 0 Å². The van der Waals surface area contributed by atoms with Gasteiger partial charge in [0, 0.05) is 13.1 Å². The van der Waals surface area contributed by atoms with Gasteiger partial charge in [0.2, 0.25) is 0 Å². The number of hydrogen-bond donors (Lipinski definition) is 0. The van der Waals surface area contributed by atoms with E-state index in [4.69, 9.17) is 10.00 Å². The van der Waals surface area contributed by atoms with Crippen LogP contribution in [-0.2, 0) is 4.74 Å². The van der Waals surface area contributed by atoms with E-state index in [1.165, 1.54) is 6.21 Å². The molecule has 0 unspecified atom stereocenters. The Bertz CT molecular complexity index is 320. The van der Waals surface area contributed by atoms with Crippen LogP contribution in [0, 0.1) is 11.3 Å². The summed E-state index contributed by atoms with van der Waals surface area (Å²) in [6.07, 6.45) is 1.54. The number of hydrogen-bond acceptors (Lipinski definition) is 4. The largest absolute Gasteiger partial charge is 0.481 e. The van der Waals surface area contributed by atoms with Gasteiger partial charge in [-0.1, -0.05) is 0 Å². The molecule has 0 aliphatic carbocycles. The molecule has 0 radical (unpaired) electrons. The quantitative estimate of drug-likeness (QED) is 0.471. The zero-order valence-corrected chi connectivity index (χ0v) is 7.74. The van der Waals surface area contributed by atoms with Crippen molar-refractivity contribution >= 4 is 12.1 Å². The molecule has 0 saturated carbocycles. The molecule has 4 heteroatoms. The first-order chi connectivity index (χ1) is 6.27. The van der Waals surface area contributed by atoms with Gasteiger partial charge in [0.1, 0.15) is 6.07 Å². The van der Waals surface area contributed by atoms with Gasteiger partial charge in [-0.15, -0.1) is 0 Å². The Hall–Kier alpha value is -1.63. The lowest BCUT2D eigenvalue weighted by Crippen LogP contribution is -2.00. The topological polar surface area (TPSA) is 57.7 Å². The molecular weight excluding hydrogens is 166 g/mol. The summed E-state index contributed by atoms with van der Waals surface area (Å²) in [4.78, 5) is 8.09. The minimum Gasteiger partial charge on any atom is -0.481 e. The maximum Gasteiger partial charge on any atom is 0.184 e. The molecule has 13 heavy (non-hydrogen) atoms. The lowest BCUT2D eigenvalue weighted by Gasteiger charge is -2.01. The lowest BCUT2D eigenvalue weighted by atomic mass is 10.3. The molecule has 68 valence electrons. The van der Waals surface area contributed by atoms with Crippen molar-refractivity contribution in [3.05, 3.63) is 11.3 Å². The van der Waals surface area contributed by atoms with E-state index in [-0.39, 0.29) is 0 Å². The minimum atomic E-state index is 0.479. The van der Waals surface area contributed by atoms with Crippen LogP contribution in [-0.4, -0.2) is 25.3 Å². The Labute approximate surface area is 77.3 Å². The van der Waals surface area contributed by atoms with Crippen molar-refractivity contribution < 1.29 is 4.74 Å². The van der Waals surface area contributed by atoms with Gasteiger partial charge in [0.25, 0.3) is 0 Å². The number of rotatable bonds is 2. The van der Waals surface area contributed by atoms with Crippen LogP contribution in [0.25, 0.3) is 0 Å². The Balaban J connectivity index is 2.75. The van der Waals surface area contributed by atoms with E-state index in [1.807, 2.05) is 13.0 Å². The first-order valence-corrected chi connectivity index (χ1v) is 4.09. The number of nitriles is 1. The van der Waals surface area contributed by atoms with E-state index in [0.29, 0.717) is 30.3 Å². The molecule has 1 aliphatic rings. The molecule has 0 atom stereocenters. The van der Waals surface area contributed by atoms with Gasteiger partial charge in [-0.3, -0.25) is 4.99 Å². The second-order valence-electron chi connectivity index (χ2n) is 2.51. The summed E-state index contributed by atoms with van der Waals surface area (Å²) < 4.78 is 5.15. The van der Waals surface area contributed by atoms with Crippen molar-refractivity contribution in [3.63, 3.8) is 0 Å². The molecule has 1 heterocycles. The predicted molar refractivity (Wildman–Crippen MR) is 50.7 cm³/mol. The highest BCUT2D eigenvalue weighted by molar-refractivity contribution is 5.88. The Morgan fingerprint density at radius 1 is 1.85 bits per heavy atom. The fourth-order valence-corrected chi connectivity index (χ4v) is 1.00. The molecule has 0 aromatic carbocycles. The first kappa shape index (κ1) is 9.46. The van der Waals surface area contributed by atoms with Gasteiger partial charge >= 0.3 is 0 Å². The van der Waals surface area contributed by atoms with Crippen LogP contribution >= 0.6 is 0 Å². The third-order valence-electron chi connectivity index (χ3n) is 1.54. The molecule has 1 rings (SSSR count). The van der Waals surface area contributed by atoms with Gasteiger partial charge < -0.3 is 4.74 Å². The predicted octanol–water partition coefficient (Wildman–Crippen LogP) is 1.30. The van der Waals surface area contributed by atoms with Crippen molar-refractivity contribution in [2.75, 3.05) is 13.2 Å². The molecule has 0 amide bonds. The fraction of sp³-hybridized carbons (Fsp3) is 0.444. The fourth-order valence-electron chi connectivity index (χ4n) is 1.00. The first-order valence-electron chi connectivity index (χ1n) is 4.09. The average molecular weight is 177 g/mol. The molecule has 0 saturated heterocycles. The standard InChI is InChI=1S/C9H11N3O/c1-3-13-7(2)12-9-6-11-5-8(9)4-10/h5H,3,6H2,1-2H3. The molecule has 0 aromatic rings. The number of ether oxygens (including phenoxy) is 1. The smallest absolute Gasteiger partial charge is 0.184 e. The molecule has 4 nitrogen and oxygen atoms in total. The highest BCUT2D eigenvalue weighted by atomic mass is 16.5. The lowest BCUT2D eigenvalue weighted by molar-refractivity contribution is 0.324. The van der Waals surface area contributed by atoms with E-state index >= 15 is 0 Å². The zero-order chi connectivity index (χ0) is 9.68. The molecule has 0 fully saturated rings. The van der Waals surface area contributed by atoms with Crippen LogP contribution in [0.1, 0.15) is 13.8 Å². The van der Waals surface area contributed by atoms with Gasteiger partial charge in [-0.25, -0.2) is 4.99 Å². The normalized spacial score (nSPS) is 16.2. The summed E-state index contributed by atoms with van der Waals surface area (Å²) in [5, 5.41) is 8.67. The monoisotopic (exact) mass is 177 g/mol. The van der Waals surface area contributed by atoms with Crippen molar-refractivity contribution in [2.24, 2.45) is 9.98 Å². The van der Waals surface area contributed by atoms with E-state index in [1.54, 1.807) is 6.92 Å². The minimum absolute atomic E-state index is 0.479. The highest BCUT2D eigenvalue weighted by Gasteiger charge is 2.08. The van der Waals surface area contributed by atoms with Crippen molar-refractivity contribution in [2.45, 2.75) is 13.8 Å². The van der Waals surface area contributed by atoms with Crippen LogP contribution in [0.15, 0.2) is 21.3 Å². The zero-order valence-electron chi connectivity index (χ0n) is 7.74. The van der Waals surface area contributed by atoms with E-state index < -0.39 is 0 Å². The molecule has 0 spiro atoms. The maximum atomic E-state index is 8.67. The number of aliphatic imine (C=N–C) groups is 2. The molecule has 0 aromatic heterocycles. The van der Waals surface area contributed by atoms with Gasteiger partial charge in [0.05, 0.1) is 24.4 Å². The second-order valence-corrected chi connectivity index (χ2v) is 2.51. The summed E-state index contributed by atoms with van der Waals surface area (Å²) in [7, 11) is 0. The summed E-state index contributed by atoms with van der Waals surface area (Å²) in [6, 6.07) is 2.03. The van der Waals surface area contributed by atoms with E-state index in [0.717, 1.165) is 0 Å².